The first-order valence-corrected chi connectivity index (χ1v) is 22.5. The predicted molar refractivity (Wildman–Crippen MR) is 220 cm³/mol. The largest absolute Gasteiger partial charge is 0.497 e. The molecule has 2 saturated carbocycles. The minimum atomic E-state index is -3.92. The molecule has 3 N–H and O–H groups in total. The number of hydrogen-bond acceptors (Lipinski definition) is 12. The molecule has 2 aliphatic heterocycles. The second-order valence-corrected chi connectivity index (χ2v) is 19.7. The summed E-state index contributed by atoms with van der Waals surface area (Å²) >= 11 is 1.51. The van der Waals surface area contributed by atoms with Crippen LogP contribution in [0.3, 0.4) is 0 Å². The highest BCUT2D eigenvalue weighted by atomic mass is 32.2. The molecule has 1 aromatic carbocycles. The number of allylic oxidation sites excluding steroid dienone is 1. The number of methoxy groups -OCH3 is 1. The van der Waals surface area contributed by atoms with E-state index in [4.69, 9.17) is 23.6 Å². The molecule has 2 aliphatic carbocycles. The zero-order valence-electron chi connectivity index (χ0n) is 33.4. The molecule has 314 valence electrons. The normalized spacial score (nSPS) is 25.9. The second-order valence-electron chi connectivity index (χ2n) is 16.8. The molecule has 5 atom stereocenters. The van der Waals surface area contributed by atoms with Gasteiger partial charge in [-0.05, 0) is 88.9 Å². The van der Waals surface area contributed by atoms with Crippen LogP contribution in [0.25, 0.3) is 32.6 Å². The Balaban J connectivity index is 1.15. The molecule has 17 heteroatoms. The van der Waals surface area contributed by atoms with Gasteiger partial charge in [-0.15, -0.1) is 11.3 Å². The molecule has 0 bridgehead atoms. The van der Waals surface area contributed by atoms with Gasteiger partial charge in [0.1, 0.15) is 46.2 Å². The molecule has 8 rings (SSSR count). The molecule has 4 aromatic rings. The van der Waals surface area contributed by atoms with Crippen LogP contribution in [0.2, 0.25) is 0 Å². The third-order valence-corrected chi connectivity index (χ3v) is 13.9. The Morgan fingerprint density at radius 1 is 1.08 bits per heavy atom. The lowest BCUT2D eigenvalue weighted by atomic mass is 10.0. The first-order chi connectivity index (χ1) is 28.1. The highest BCUT2D eigenvalue weighted by Gasteiger charge is 2.62. The summed E-state index contributed by atoms with van der Waals surface area (Å²) in [5, 5.41) is 7.68. The van der Waals surface area contributed by atoms with Crippen LogP contribution in [0.5, 0.6) is 11.5 Å². The molecule has 1 saturated heterocycles. The zero-order valence-corrected chi connectivity index (χ0v) is 35.1. The van der Waals surface area contributed by atoms with Gasteiger partial charge >= 0.3 is 6.09 Å². The van der Waals surface area contributed by atoms with Crippen LogP contribution in [0.1, 0.15) is 78.6 Å². The standard InChI is InChI=1S/C42H49N5O10S2/c1-41(2,3)57-40(51)44-29-12-9-7-5-6-8-11-24-22-42(24,39(50)46-59(52,53)27-15-16-27)45-37(48)31-20-26(23-47(31)38(29)49)55-33-21-30(34-13-10-18-58-34)43-35-28-19-25(54-4)14-17-32(28)56-36(33)35/h8,10-11,13-14,17-19,21,24,26-27,29,31H,5-7,9,12,15-16,20,22-23H2,1-4H3,(H,44,51)(H,45,48)(H,46,50)/b11-8-/t24-,26-,29+,31+,42-/m1/s1. The van der Waals surface area contributed by atoms with E-state index in [1.54, 1.807) is 46.1 Å². The van der Waals surface area contributed by atoms with Crippen molar-refractivity contribution in [2.45, 2.75) is 113 Å². The molecule has 3 fully saturated rings. The number of thiophene rings is 1. The molecule has 59 heavy (non-hydrogen) atoms. The molecule has 4 aliphatic rings. The molecule has 5 heterocycles. The molecular weight excluding hydrogens is 799 g/mol. The first kappa shape index (κ1) is 40.6. The van der Waals surface area contributed by atoms with Crippen LogP contribution < -0.4 is 24.8 Å². The fourth-order valence-electron chi connectivity index (χ4n) is 7.93. The molecule has 4 amide bonds. The monoisotopic (exact) mass is 847 g/mol. The number of carbonyl (C=O) groups is 4. The van der Waals surface area contributed by atoms with Crippen LogP contribution in [0.4, 0.5) is 4.79 Å². The van der Waals surface area contributed by atoms with Gasteiger partial charge in [-0.1, -0.05) is 31.1 Å². The maximum absolute atomic E-state index is 14.7. The van der Waals surface area contributed by atoms with Crippen LogP contribution in [0, 0.1) is 5.92 Å². The van der Waals surface area contributed by atoms with Gasteiger partial charge in [-0.3, -0.25) is 19.1 Å². The van der Waals surface area contributed by atoms with Gasteiger partial charge in [0.2, 0.25) is 21.8 Å². The number of fused-ring (bicyclic) bond motifs is 5. The van der Waals surface area contributed by atoms with Crippen LogP contribution in [-0.4, -0.2) is 90.3 Å². The smallest absolute Gasteiger partial charge is 0.408 e. The number of nitrogens with one attached hydrogen (secondary N) is 3. The maximum Gasteiger partial charge on any atom is 0.408 e. The van der Waals surface area contributed by atoms with Crippen molar-refractivity contribution in [1.29, 1.82) is 0 Å². The number of nitrogens with zero attached hydrogens (tertiary/aromatic N) is 2. The Bertz CT molecular complexity index is 2420. The first-order valence-electron chi connectivity index (χ1n) is 20.1. The van der Waals surface area contributed by atoms with Gasteiger partial charge in [0.15, 0.2) is 11.3 Å². The number of ether oxygens (including phenoxy) is 3. The van der Waals surface area contributed by atoms with Crippen LogP contribution in [0.15, 0.2) is 58.3 Å². The lowest BCUT2D eigenvalue weighted by Gasteiger charge is -2.30. The molecular formula is C42H49N5O10S2. The van der Waals surface area contributed by atoms with Crippen molar-refractivity contribution in [2.75, 3.05) is 13.7 Å². The Morgan fingerprint density at radius 2 is 1.90 bits per heavy atom. The van der Waals surface area contributed by atoms with E-state index in [1.165, 1.54) is 16.2 Å². The summed E-state index contributed by atoms with van der Waals surface area (Å²) in [4.78, 5) is 63.5. The predicted octanol–water partition coefficient (Wildman–Crippen LogP) is 5.96. The third-order valence-electron chi connectivity index (χ3n) is 11.2. The number of hydrogen-bond donors (Lipinski definition) is 3. The van der Waals surface area contributed by atoms with E-state index in [-0.39, 0.29) is 19.4 Å². The van der Waals surface area contributed by atoms with Gasteiger partial charge in [0, 0.05) is 18.4 Å². The van der Waals surface area contributed by atoms with E-state index >= 15 is 0 Å². The fourth-order valence-corrected chi connectivity index (χ4v) is 9.98. The van der Waals surface area contributed by atoms with Crippen molar-refractivity contribution in [1.82, 2.24) is 25.2 Å². The number of carbonyl (C=O) groups excluding carboxylic acids is 4. The summed E-state index contributed by atoms with van der Waals surface area (Å²) in [5.74, 6) is -1.42. The molecule has 0 unspecified atom stereocenters. The van der Waals surface area contributed by atoms with Crippen molar-refractivity contribution in [3.8, 4) is 22.1 Å². The van der Waals surface area contributed by atoms with Gasteiger partial charge in [0.05, 0.1) is 34.9 Å². The minimum absolute atomic E-state index is 0.0154. The molecule has 3 aromatic heterocycles. The number of furan rings is 1. The van der Waals surface area contributed by atoms with Crippen molar-refractivity contribution in [3.05, 3.63) is 53.9 Å². The summed E-state index contributed by atoms with van der Waals surface area (Å²) in [7, 11) is -2.34. The maximum atomic E-state index is 14.7. The third kappa shape index (κ3) is 8.62. The SMILES string of the molecule is COc1ccc2oc3c(O[C@@H]4C[C@H]5C(=O)N[C@]6(C(=O)NS(=O)(=O)C7CC7)C[C@H]6/C=C\CCCCC[C@H](NC(=O)OC(C)(C)C)C(=O)N5C4)cc(-c4cccs4)nc3c2c1. The number of pyridine rings is 1. The van der Waals surface area contributed by atoms with E-state index in [0.29, 0.717) is 71.4 Å². The van der Waals surface area contributed by atoms with Gasteiger partial charge in [-0.2, -0.15) is 0 Å². The summed E-state index contributed by atoms with van der Waals surface area (Å²) in [6, 6.07) is 8.88. The number of amides is 4. The van der Waals surface area contributed by atoms with Gasteiger partial charge < -0.3 is 34.2 Å². The van der Waals surface area contributed by atoms with E-state index in [0.717, 1.165) is 17.7 Å². The van der Waals surface area contributed by atoms with Gasteiger partial charge in [0.25, 0.3) is 5.91 Å². The topological polar surface area (TPSA) is 195 Å². The molecule has 0 spiro atoms. The fraction of sp³-hybridized carbons (Fsp3) is 0.500. The quantitative estimate of drug-likeness (QED) is 0.177. The average Bonchev–Trinajstić information content (AvgIpc) is 3.98. The van der Waals surface area contributed by atoms with Crippen molar-refractivity contribution < 1.29 is 46.2 Å². The molecule has 0 radical (unpaired) electrons. The second kappa shape index (κ2) is 15.8. The van der Waals surface area contributed by atoms with Crippen LogP contribution in [-0.2, 0) is 29.1 Å². The highest BCUT2D eigenvalue weighted by Crippen LogP contribution is 2.46. The number of benzene rings is 1. The van der Waals surface area contributed by atoms with Crippen LogP contribution >= 0.6 is 11.3 Å². The number of aromatic nitrogens is 1. The van der Waals surface area contributed by atoms with E-state index in [2.05, 4.69) is 15.4 Å². The van der Waals surface area contributed by atoms with Crippen molar-refractivity contribution >= 4 is 67.2 Å². The average molecular weight is 848 g/mol. The summed E-state index contributed by atoms with van der Waals surface area (Å²) in [6.45, 7) is 5.14. The lowest BCUT2D eigenvalue weighted by Crippen LogP contribution is -2.58. The Morgan fingerprint density at radius 3 is 2.63 bits per heavy atom. The van der Waals surface area contributed by atoms with Crippen molar-refractivity contribution in [2.24, 2.45) is 5.92 Å². The lowest BCUT2D eigenvalue weighted by molar-refractivity contribution is -0.141. The van der Waals surface area contributed by atoms with E-state index in [9.17, 15) is 27.6 Å². The summed E-state index contributed by atoms with van der Waals surface area (Å²) in [5.41, 5.74) is -0.232. The molecule has 15 nitrogen and oxygen atoms in total. The number of sulfonamides is 1. The van der Waals surface area contributed by atoms with E-state index in [1.807, 2.05) is 35.7 Å². The Labute approximate surface area is 346 Å². The summed E-state index contributed by atoms with van der Waals surface area (Å²) in [6.07, 6.45) is 6.55. The number of rotatable bonds is 8. The Hall–Kier alpha value is -5.16. The van der Waals surface area contributed by atoms with Gasteiger partial charge in [-0.25, -0.2) is 18.2 Å². The van der Waals surface area contributed by atoms with Crippen molar-refractivity contribution in [3.63, 3.8) is 0 Å². The minimum Gasteiger partial charge on any atom is -0.497 e. The van der Waals surface area contributed by atoms with E-state index < -0.39 is 74.3 Å². The Kier molecular flexibility index (Phi) is 10.9. The number of alkyl carbamates (subject to hydrolysis) is 1. The summed E-state index contributed by atoms with van der Waals surface area (Å²) < 4.78 is 52.2. The zero-order chi connectivity index (χ0) is 41.7. The highest BCUT2D eigenvalue weighted by molar-refractivity contribution is 7.91.